The predicted molar refractivity (Wildman–Crippen MR) is 80.7 cm³/mol. The molecule has 104 valence electrons. The third kappa shape index (κ3) is 2.56. The van der Waals surface area contributed by atoms with Crippen molar-refractivity contribution in [3.05, 3.63) is 34.9 Å². The van der Waals surface area contributed by atoms with E-state index in [0.29, 0.717) is 6.04 Å². The van der Waals surface area contributed by atoms with Crippen LogP contribution in [0, 0.1) is 0 Å². The van der Waals surface area contributed by atoms with E-state index in [4.69, 9.17) is 0 Å². The molecule has 1 saturated heterocycles. The lowest BCUT2D eigenvalue weighted by Gasteiger charge is -2.33. The minimum atomic E-state index is 0.561. The molecule has 1 aromatic carbocycles. The summed E-state index contributed by atoms with van der Waals surface area (Å²) in [4.78, 5) is 2.61. The Morgan fingerprint density at radius 3 is 2.84 bits per heavy atom. The first-order valence-corrected chi connectivity index (χ1v) is 7.87. The first-order chi connectivity index (χ1) is 9.29. The van der Waals surface area contributed by atoms with Crippen molar-refractivity contribution in [1.82, 2.24) is 10.2 Å². The van der Waals surface area contributed by atoms with Gasteiger partial charge in [-0.2, -0.15) is 0 Å². The Hall–Kier alpha value is -0.860. The van der Waals surface area contributed by atoms with Gasteiger partial charge in [0.2, 0.25) is 0 Å². The number of aryl methyl sites for hydroxylation is 1. The molecule has 2 nitrogen and oxygen atoms in total. The van der Waals surface area contributed by atoms with Crippen LogP contribution in [-0.4, -0.2) is 31.1 Å². The van der Waals surface area contributed by atoms with E-state index in [-0.39, 0.29) is 0 Å². The van der Waals surface area contributed by atoms with Crippen LogP contribution in [-0.2, 0) is 6.42 Å². The molecular weight excluding hydrogens is 232 g/mol. The van der Waals surface area contributed by atoms with Gasteiger partial charge in [0, 0.05) is 32.2 Å². The molecule has 0 radical (unpaired) electrons. The zero-order valence-electron chi connectivity index (χ0n) is 12.3. The number of hydrogen-bond donors (Lipinski definition) is 1. The fraction of sp³-hybridized carbons (Fsp3) is 0.647. The number of rotatable bonds is 3. The molecule has 0 bridgehead atoms. The van der Waals surface area contributed by atoms with Gasteiger partial charge in [-0.3, -0.25) is 4.90 Å². The van der Waals surface area contributed by atoms with Crippen molar-refractivity contribution in [3.8, 4) is 0 Å². The van der Waals surface area contributed by atoms with E-state index < -0.39 is 0 Å². The maximum absolute atomic E-state index is 3.44. The van der Waals surface area contributed by atoms with E-state index in [9.17, 15) is 0 Å². The van der Waals surface area contributed by atoms with Crippen molar-refractivity contribution in [1.29, 1.82) is 0 Å². The summed E-state index contributed by atoms with van der Waals surface area (Å²) in [6.45, 7) is 9.31. The van der Waals surface area contributed by atoms with Crippen LogP contribution in [0.2, 0.25) is 0 Å². The van der Waals surface area contributed by atoms with Crippen molar-refractivity contribution in [2.75, 3.05) is 26.2 Å². The summed E-state index contributed by atoms with van der Waals surface area (Å²) in [7, 11) is 0. The van der Waals surface area contributed by atoms with Gasteiger partial charge in [-0.15, -0.1) is 0 Å². The molecular formula is C17H26N2. The Balaban J connectivity index is 1.81. The molecule has 2 heteroatoms. The van der Waals surface area contributed by atoms with Crippen LogP contribution >= 0.6 is 0 Å². The number of piperazine rings is 1. The van der Waals surface area contributed by atoms with Gasteiger partial charge >= 0.3 is 0 Å². The number of nitrogens with one attached hydrogen (secondary N) is 1. The van der Waals surface area contributed by atoms with Crippen LogP contribution in [0.5, 0.6) is 0 Å². The highest BCUT2D eigenvalue weighted by atomic mass is 15.2. The molecule has 3 rings (SSSR count). The third-order valence-corrected chi connectivity index (χ3v) is 5.05. The van der Waals surface area contributed by atoms with Gasteiger partial charge in [-0.05, 0) is 48.8 Å². The maximum Gasteiger partial charge on any atom is 0.0321 e. The summed E-state index contributed by atoms with van der Waals surface area (Å²) in [5.41, 5.74) is 4.76. The first-order valence-electron chi connectivity index (χ1n) is 7.87. The van der Waals surface area contributed by atoms with Crippen molar-refractivity contribution in [2.24, 2.45) is 0 Å². The van der Waals surface area contributed by atoms with Gasteiger partial charge in [-0.1, -0.05) is 25.1 Å². The van der Waals surface area contributed by atoms with Gasteiger partial charge in [0.05, 0.1) is 0 Å². The number of hydrogen-bond acceptors (Lipinski definition) is 2. The van der Waals surface area contributed by atoms with Gasteiger partial charge in [0.15, 0.2) is 0 Å². The van der Waals surface area contributed by atoms with Crippen molar-refractivity contribution in [2.45, 2.75) is 45.1 Å². The lowest BCUT2D eigenvalue weighted by atomic mass is 9.94. The Kier molecular flexibility index (Phi) is 3.90. The van der Waals surface area contributed by atoms with Crippen LogP contribution in [0.1, 0.15) is 55.3 Å². The second kappa shape index (κ2) is 5.64. The highest BCUT2D eigenvalue weighted by Gasteiger charge is 2.23. The average Bonchev–Trinajstić information content (AvgIpc) is 2.89. The Bertz CT molecular complexity index is 435. The van der Waals surface area contributed by atoms with Gasteiger partial charge < -0.3 is 5.32 Å². The Morgan fingerprint density at radius 2 is 2.11 bits per heavy atom. The van der Waals surface area contributed by atoms with Gasteiger partial charge in [-0.25, -0.2) is 0 Å². The van der Waals surface area contributed by atoms with Crippen LogP contribution in [0.4, 0.5) is 0 Å². The predicted octanol–water partition coefficient (Wildman–Crippen LogP) is 3.09. The number of benzene rings is 1. The summed E-state index contributed by atoms with van der Waals surface area (Å²) >= 11 is 0. The molecule has 0 saturated carbocycles. The summed E-state index contributed by atoms with van der Waals surface area (Å²) in [5, 5.41) is 3.44. The van der Waals surface area contributed by atoms with Crippen molar-refractivity contribution < 1.29 is 0 Å². The van der Waals surface area contributed by atoms with E-state index >= 15 is 0 Å². The lowest BCUT2D eigenvalue weighted by molar-refractivity contribution is 0.185. The molecule has 2 unspecified atom stereocenters. The second-order valence-corrected chi connectivity index (χ2v) is 6.06. The SMILES string of the molecule is CCC1CCc2ccc(C(C)N3CCNCC3)cc21. The molecule has 19 heavy (non-hydrogen) atoms. The molecule has 1 aliphatic heterocycles. The molecule has 2 aliphatic rings. The second-order valence-electron chi connectivity index (χ2n) is 6.06. The average molecular weight is 258 g/mol. The van der Waals surface area contributed by atoms with Gasteiger partial charge in [0.25, 0.3) is 0 Å². The molecule has 1 fully saturated rings. The Labute approximate surface area is 117 Å². The fourth-order valence-corrected chi connectivity index (χ4v) is 3.67. The zero-order chi connectivity index (χ0) is 13.2. The smallest absolute Gasteiger partial charge is 0.0321 e. The van der Waals surface area contributed by atoms with E-state index in [0.717, 1.165) is 19.0 Å². The van der Waals surface area contributed by atoms with Crippen molar-refractivity contribution >= 4 is 0 Å². The molecule has 0 aromatic heterocycles. The molecule has 1 aromatic rings. The minimum absolute atomic E-state index is 0.561. The molecule has 1 N–H and O–H groups in total. The van der Waals surface area contributed by atoms with Gasteiger partial charge in [0.1, 0.15) is 0 Å². The molecule has 0 spiro atoms. The van der Waals surface area contributed by atoms with Crippen LogP contribution in [0.15, 0.2) is 18.2 Å². The maximum atomic E-state index is 3.44. The fourth-order valence-electron chi connectivity index (χ4n) is 3.67. The number of fused-ring (bicyclic) bond motifs is 1. The molecule has 0 amide bonds. The summed E-state index contributed by atoms with van der Waals surface area (Å²) in [5.74, 6) is 0.810. The molecule has 2 atom stereocenters. The monoisotopic (exact) mass is 258 g/mol. The highest BCUT2D eigenvalue weighted by Crippen LogP contribution is 2.37. The van der Waals surface area contributed by atoms with E-state index in [1.54, 1.807) is 11.1 Å². The standard InChI is InChI=1S/C17H26N2/c1-3-14-4-5-15-6-7-16(12-17(14)15)13(2)19-10-8-18-9-11-19/h6-7,12-14,18H,3-5,8-11H2,1-2H3. The summed E-state index contributed by atoms with van der Waals surface area (Å²) < 4.78 is 0. The number of nitrogens with zero attached hydrogens (tertiary/aromatic N) is 1. The topological polar surface area (TPSA) is 15.3 Å². The van der Waals surface area contributed by atoms with Crippen LogP contribution in [0.3, 0.4) is 0 Å². The minimum Gasteiger partial charge on any atom is -0.314 e. The van der Waals surface area contributed by atoms with E-state index in [1.165, 1.54) is 37.9 Å². The molecule has 1 aliphatic carbocycles. The lowest BCUT2D eigenvalue weighted by Crippen LogP contribution is -2.44. The summed E-state index contributed by atoms with van der Waals surface area (Å²) in [6, 6.07) is 7.82. The normalized spacial score (nSPS) is 25.3. The van der Waals surface area contributed by atoms with E-state index in [2.05, 4.69) is 42.3 Å². The van der Waals surface area contributed by atoms with E-state index in [1.807, 2.05) is 0 Å². The first kappa shape index (κ1) is 13.1. The van der Waals surface area contributed by atoms with Crippen LogP contribution in [0.25, 0.3) is 0 Å². The highest BCUT2D eigenvalue weighted by molar-refractivity contribution is 5.39. The van der Waals surface area contributed by atoms with Crippen LogP contribution < -0.4 is 5.32 Å². The Morgan fingerprint density at radius 1 is 1.32 bits per heavy atom. The quantitative estimate of drug-likeness (QED) is 0.896. The van der Waals surface area contributed by atoms with Crippen molar-refractivity contribution in [3.63, 3.8) is 0 Å². The largest absolute Gasteiger partial charge is 0.314 e. The summed E-state index contributed by atoms with van der Waals surface area (Å²) in [6.07, 6.45) is 3.94. The zero-order valence-corrected chi connectivity index (χ0v) is 12.3. The molecule has 1 heterocycles. The third-order valence-electron chi connectivity index (χ3n) is 5.05.